The van der Waals surface area contributed by atoms with Gasteiger partial charge in [-0.1, -0.05) is 12.1 Å². The number of methoxy groups -OCH3 is 2. The molecule has 8 nitrogen and oxygen atoms in total. The molecular weight excluding hydrogens is 416 g/mol. The number of carbonyl (C=O) groups is 2. The van der Waals surface area contributed by atoms with E-state index in [0.717, 1.165) is 16.8 Å². The molecule has 0 fully saturated rings. The summed E-state index contributed by atoms with van der Waals surface area (Å²) in [5, 5.41) is 5.61. The minimum Gasteiger partial charge on any atom is -0.497 e. The minimum atomic E-state index is -0.392. The molecule has 1 atom stereocenters. The Morgan fingerprint density at radius 3 is 2.48 bits per heavy atom. The maximum Gasteiger partial charge on any atom is 0.251 e. The minimum absolute atomic E-state index is 0.158. The number of imidazole rings is 1. The van der Waals surface area contributed by atoms with Crippen LogP contribution in [-0.2, 0) is 4.79 Å². The molecule has 0 unspecified atom stereocenters. The molecule has 2 aromatic carbocycles. The molecule has 0 bridgehead atoms. The van der Waals surface area contributed by atoms with Crippen molar-refractivity contribution < 1.29 is 19.1 Å². The Kier molecular flexibility index (Phi) is 7.77. The van der Waals surface area contributed by atoms with E-state index in [2.05, 4.69) is 20.6 Å². The summed E-state index contributed by atoms with van der Waals surface area (Å²) in [6.45, 7) is -0.158. The number of para-hydroxylation sites is 2. The highest BCUT2D eigenvalue weighted by Gasteiger charge is 2.19. The van der Waals surface area contributed by atoms with Gasteiger partial charge in [0.05, 0.1) is 37.8 Å². The Balaban J connectivity index is 1.65. The highest BCUT2D eigenvalue weighted by atomic mass is 32.2. The predicted molar refractivity (Wildman–Crippen MR) is 122 cm³/mol. The van der Waals surface area contributed by atoms with Crippen LogP contribution in [0.25, 0.3) is 11.0 Å². The molecule has 0 aliphatic heterocycles. The molecule has 0 aliphatic carbocycles. The summed E-state index contributed by atoms with van der Waals surface area (Å²) >= 11 is 1.69. The van der Waals surface area contributed by atoms with Crippen LogP contribution in [-0.4, -0.2) is 54.6 Å². The number of nitrogens with one attached hydrogen (secondary N) is 3. The number of benzene rings is 2. The number of aromatic nitrogens is 2. The van der Waals surface area contributed by atoms with Crippen LogP contribution in [0.4, 0.5) is 0 Å². The van der Waals surface area contributed by atoms with Gasteiger partial charge in [-0.05, 0) is 42.7 Å². The van der Waals surface area contributed by atoms with Crippen molar-refractivity contribution in [1.82, 2.24) is 20.6 Å². The van der Waals surface area contributed by atoms with Gasteiger partial charge < -0.3 is 25.1 Å². The molecular formula is C22H26N4O4S. The Morgan fingerprint density at radius 2 is 1.84 bits per heavy atom. The van der Waals surface area contributed by atoms with E-state index in [4.69, 9.17) is 9.47 Å². The number of carbonyl (C=O) groups excluding carboxylic acids is 2. The molecule has 3 N–H and O–H groups in total. The number of ether oxygens (including phenoxy) is 2. The zero-order chi connectivity index (χ0) is 22.2. The first kappa shape index (κ1) is 22.5. The number of aromatic amines is 1. The van der Waals surface area contributed by atoms with Crippen LogP contribution in [0.5, 0.6) is 11.5 Å². The standard InChI is InChI=1S/C22H26N4O4S/c1-29-15-10-14(11-16(12-15)30-2)22(28)23-13-20(27)24-19(8-9-31-3)21-25-17-6-4-5-7-18(17)26-21/h4-7,10-12,19H,8-9,13H2,1-3H3,(H,23,28)(H,24,27)(H,25,26)/t19-/m0/s1. The topological polar surface area (TPSA) is 105 Å². The van der Waals surface area contributed by atoms with Crippen LogP contribution < -0.4 is 20.1 Å². The predicted octanol–water partition coefficient (Wildman–Crippen LogP) is 2.92. The van der Waals surface area contributed by atoms with E-state index in [1.54, 1.807) is 30.0 Å². The molecule has 3 rings (SSSR count). The molecule has 164 valence electrons. The van der Waals surface area contributed by atoms with Crippen molar-refractivity contribution in [3.63, 3.8) is 0 Å². The van der Waals surface area contributed by atoms with E-state index >= 15 is 0 Å². The summed E-state index contributed by atoms with van der Waals surface area (Å²) in [5.74, 6) is 1.86. The fourth-order valence-electron chi connectivity index (χ4n) is 3.10. The van der Waals surface area contributed by atoms with E-state index in [0.29, 0.717) is 29.3 Å². The van der Waals surface area contributed by atoms with Gasteiger partial charge in [-0.3, -0.25) is 9.59 Å². The monoisotopic (exact) mass is 442 g/mol. The van der Waals surface area contributed by atoms with Crippen molar-refractivity contribution in [2.75, 3.05) is 32.8 Å². The third-order valence-electron chi connectivity index (χ3n) is 4.71. The fraction of sp³-hybridized carbons (Fsp3) is 0.318. The van der Waals surface area contributed by atoms with Crippen LogP contribution in [0, 0.1) is 0 Å². The van der Waals surface area contributed by atoms with Gasteiger partial charge in [-0.15, -0.1) is 0 Å². The van der Waals surface area contributed by atoms with E-state index in [1.807, 2.05) is 30.5 Å². The molecule has 0 aliphatic rings. The molecule has 2 amide bonds. The molecule has 9 heteroatoms. The number of nitrogens with zero attached hydrogens (tertiary/aromatic N) is 1. The molecule has 1 heterocycles. The Labute approximate surface area is 185 Å². The van der Waals surface area contributed by atoms with Gasteiger partial charge in [0.15, 0.2) is 0 Å². The average Bonchev–Trinajstić information content (AvgIpc) is 3.23. The van der Waals surface area contributed by atoms with Gasteiger partial charge >= 0.3 is 0 Å². The van der Waals surface area contributed by atoms with E-state index in [1.165, 1.54) is 14.2 Å². The number of hydrogen-bond acceptors (Lipinski definition) is 6. The van der Waals surface area contributed by atoms with Gasteiger partial charge in [-0.2, -0.15) is 11.8 Å². The van der Waals surface area contributed by atoms with Crippen LogP contribution >= 0.6 is 11.8 Å². The largest absolute Gasteiger partial charge is 0.497 e. The Hall–Kier alpha value is -3.20. The summed E-state index contributed by atoms with van der Waals surface area (Å²) in [5.41, 5.74) is 2.11. The van der Waals surface area contributed by atoms with Crippen molar-refractivity contribution in [3.8, 4) is 11.5 Å². The number of hydrogen-bond donors (Lipinski definition) is 3. The first-order chi connectivity index (χ1) is 15.0. The first-order valence-electron chi connectivity index (χ1n) is 9.78. The van der Waals surface area contributed by atoms with Gasteiger partial charge in [0.25, 0.3) is 5.91 Å². The number of thioether (sulfide) groups is 1. The summed E-state index contributed by atoms with van der Waals surface area (Å²) in [4.78, 5) is 33.0. The highest BCUT2D eigenvalue weighted by molar-refractivity contribution is 7.98. The SMILES string of the molecule is COc1cc(OC)cc(C(=O)NCC(=O)N[C@@H](CCSC)c2nc3ccccc3[nH]2)c1. The number of H-pyrrole nitrogens is 1. The molecule has 0 spiro atoms. The Bertz CT molecular complexity index is 998. The zero-order valence-electron chi connectivity index (χ0n) is 17.7. The number of fused-ring (bicyclic) bond motifs is 1. The second-order valence-electron chi connectivity index (χ2n) is 6.82. The lowest BCUT2D eigenvalue weighted by atomic mass is 10.2. The third-order valence-corrected chi connectivity index (χ3v) is 5.35. The quantitative estimate of drug-likeness (QED) is 0.446. The smallest absolute Gasteiger partial charge is 0.251 e. The average molecular weight is 443 g/mol. The maximum absolute atomic E-state index is 12.6. The van der Waals surface area contributed by atoms with Crippen LogP contribution in [0.2, 0.25) is 0 Å². The first-order valence-corrected chi connectivity index (χ1v) is 11.2. The summed E-state index contributed by atoms with van der Waals surface area (Å²) in [6.07, 6.45) is 2.73. The van der Waals surface area contributed by atoms with Crippen molar-refractivity contribution in [1.29, 1.82) is 0 Å². The third kappa shape index (κ3) is 5.91. The maximum atomic E-state index is 12.6. The summed E-state index contributed by atoms with van der Waals surface area (Å²) in [7, 11) is 3.02. The van der Waals surface area contributed by atoms with Crippen molar-refractivity contribution in [2.24, 2.45) is 0 Å². The lowest BCUT2D eigenvalue weighted by molar-refractivity contribution is -0.120. The van der Waals surface area contributed by atoms with Crippen LogP contribution in [0.1, 0.15) is 28.6 Å². The molecule has 0 saturated heterocycles. The van der Waals surface area contributed by atoms with Crippen molar-refractivity contribution in [2.45, 2.75) is 12.5 Å². The lowest BCUT2D eigenvalue weighted by Gasteiger charge is -2.16. The second-order valence-corrected chi connectivity index (χ2v) is 7.81. The fourth-order valence-corrected chi connectivity index (χ4v) is 3.57. The van der Waals surface area contributed by atoms with Crippen molar-refractivity contribution in [3.05, 3.63) is 53.9 Å². The van der Waals surface area contributed by atoms with Crippen LogP contribution in [0.15, 0.2) is 42.5 Å². The van der Waals surface area contributed by atoms with Gasteiger partial charge in [0, 0.05) is 11.6 Å². The van der Waals surface area contributed by atoms with Gasteiger partial charge in [0.1, 0.15) is 17.3 Å². The molecule has 0 saturated carbocycles. The highest BCUT2D eigenvalue weighted by Crippen LogP contribution is 2.22. The van der Waals surface area contributed by atoms with Gasteiger partial charge in [0.2, 0.25) is 5.91 Å². The Morgan fingerprint density at radius 1 is 1.13 bits per heavy atom. The van der Waals surface area contributed by atoms with Crippen molar-refractivity contribution >= 4 is 34.6 Å². The lowest BCUT2D eigenvalue weighted by Crippen LogP contribution is -2.39. The van der Waals surface area contributed by atoms with Gasteiger partial charge in [-0.25, -0.2) is 4.98 Å². The molecule has 0 radical (unpaired) electrons. The molecule has 31 heavy (non-hydrogen) atoms. The number of rotatable bonds is 10. The van der Waals surface area contributed by atoms with E-state index < -0.39 is 5.91 Å². The van der Waals surface area contributed by atoms with E-state index in [9.17, 15) is 9.59 Å². The summed E-state index contributed by atoms with van der Waals surface area (Å²) in [6, 6.07) is 12.3. The molecule has 1 aromatic heterocycles. The second kappa shape index (κ2) is 10.7. The van der Waals surface area contributed by atoms with Crippen LogP contribution in [0.3, 0.4) is 0 Å². The zero-order valence-corrected chi connectivity index (χ0v) is 18.5. The number of amides is 2. The van der Waals surface area contributed by atoms with E-state index in [-0.39, 0.29) is 18.5 Å². The molecule has 3 aromatic rings. The normalized spacial score (nSPS) is 11.7. The summed E-state index contributed by atoms with van der Waals surface area (Å²) < 4.78 is 10.4.